The number of likely N-dealkylation sites (tertiary alicyclic amines) is 2. The molecule has 0 bridgehead atoms. The van der Waals surface area contributed by atoms with Gasteiger partial charge in [-0.05, 0) is 98.8 Å². The first-order valence-corrected chi connectivity index (χ1v) is 24.6. The first-order chi connectivity index (χ1) is 28.3. The lowest BCUT2D eigenvalue weighted by Crippen LogP contribution is -2.56. The van der Waals surface area contributed by atoms with Crippen molar-refractivity contribution in [2.75, 3.05) is 39.4 Å². The molecular weight excluding hydrogens is 786 g/mol. The first kappa shape index (κ1) is 45.3. The molecule has 2 N–H and O–H groups in total. The highest BCUT2D eigenvalue weighted by molar-refractivity contribution is 7.87. The highest BCUT2D eigenvalue weighted by Crippen LogP contribution is 2.88. The number of piperidine rings is 1. The number of ketones is 2. The van der Waals surface area contributed by atoms with Crippen molar-refractivity contribution < 1.29 is 36.8 Å². The zero-order chi connectivity index (χ0) is 43.5. The second kappa shape index (κ2) is 16.8. The normalized spacial score (nSPS) is 32.6. The summed E-state index contributed by atoms with van der Waals surface area (Å²) < 4.78 is 43.5. The van der Waals surface area contributed by atoms with Gasteiger partial charge in [-0.25, -0.2) is 9.11 Å². The molecule has 3 amide bonds. The Labute approximate surface area is 358 Å². The summed E-state index contributed by atoms with van der Waals surface area (Å²) >= 11 is 0. The van der Waals surface area contributed by atoms with Gasteiger partial charge in [0.15, 0.2) is 11.6 Å². The molecule has 2 spiro atoms. The molecule has 14 heteroatoms. The van der Waals surface area contributed by atoms with Gasteiger partial charge in [0.2, 0.25) is 17.7 Å². The molecule has 7 aliphatic rings. The molecule has 3 saturated heterocycles. The maximum absolute atomic E-state index is 15.4. The maximum atomic E-state index is 15.4. The van der Waals surface area contributed by atoms with E-state index >= 15 is 4.79 Å². The average Bonchev–Trinajstić information content (AvgIpc) is 3.64. The molecule has 0 aromatic heterocycles. The molecule has 60 heavy (non-hydrogen) atoms. The predicted octanol–water partition coefficient (Wildman–Crippen LogP) is 5.90. The summed E-state index contributed by atoms with van der Waals surface area (Å²) in [5.74, 6) is -2.88. The van der Waals surface area contributed by atoms with E-state index in [2.05, 4.69) is 30.5 Å². The Bertz CT molecular complexity index is 1810. The number of Topliss-reactive ketones (excluding diaryl/α,β-unsaturated/α-hetero) is 2. The van der Waals surface area contributed by atoms with Gasteiger partial charge in [-0.3, -0.25) is 28.9 Å². The number of carbonyl (C=O) groups excluding carboxylic acids is 5. The quantitative estimate of drug-likeness (QED) is 0.182. The second-order valence-corrected chi connectivity index (χ2v) is 23.1. The Hall–Kier alpha value is -2.71. The van der Waals surface area contributed by atoms with Gasteiger partial charge < -0.3 is 10.2 Å². The third-order valence-electron chi connectivity index (χ3n) is 17.3. The van der Waals surface area contributed by atoms with E-state index in [1.54, 1.807) is 11.0 Å². The molecule has 3 aliphatic heterocycles. The van der Waals surface area contributed by atoms with Crippen LogP contribution in [0.3, 0.4) is 0 Å². The zero-order valence-corrected chi connectivity index (χ0v) is 37.8. The summed E-state index contributed by atoms with van der Waals surface area (Å²) in [6, 6.07) is -2.10. The van der Waals surface area contributed by atoms with Crippen molar-refractivity contribution in [1.29, 1.82) is 0 Å². The number of nitrogens with one attached hydrogen (secondary N) is 2. The fraction of sp³-hybridized carbons (Fsp3) is 0.848. The predicted molar refractivity (Wildman–Crippen MR) is 227 cm³/mol. The van der Waals surface area contributed by atoms with Crippen LogP contribution in [0.2, 0.25) is 0 Å². The molecule has 0 aromatic carbocycles. The van der Waals surface area contributed by atoms with Crippen LogP contribution in [0.5, 0.6) is 0 Å². The third kappa shape index (κ3) is 7.83. The van der Waals surface area contributed by atoms with Gasteiger partial charge in [0.1, 0.15) is 6.67 Å². The molecule has 0 aromatic rings. The molecule has 4 aliphatic carbocycles. The van der Waals surface area contributed by atoms with Crippen LogP contribution in [0.4, 0.5) is 4.39 Å². The first-order valence-electron chi connectivity index (χ1n) is 23.2. The highest BCUT2D eigenvalue weighted by atomic mass is 32.2. The fourth-order valence-electron chi connectivity index (χ4n) is 13.1. The van der Waals surface area contributed by atoms with E-state index in [9.17, 15) is 32.0 Å². The third-order valence-corrected chi connectivity index (χ3v) is 18.7. The number of alkyl halides is 1. The minimum atomic E-state index is -4.07. The number of carbonyl (C=O) groups is 5. The van der Waals surface area contributed by atoms with Crippen LogP contribution in [-0.4, -0.2) is 109 Å². The standard InChI is InChI=1S/C46H72FN5O7S/c1-7-32-27-44(32,41(57)49-60(58,59)51-23-13-14-24-51)29-37(54)35-28-46(43(5,6)45(46)19-15-20-45)30-52(35)40(56)33(42(2,3)4)26-36(53)38(31-16-9-8-10-17-31)48-39(55)34-18-11-12-22-50(34)25-21-47/h7,31-35,38H,1,8-30H2,2-6H3,(H,48,55)(H,49,57)/t32-,33-,34+,35+,38+,44-,46-/m1/s1. The van der Waals surface area contributed by atoms with Crippen LogP contribution >= 0.6 is 0 Å². The van der Waals surface area contributed by atoms with E-state index in [-0.39, 0.29) is 70.8 Å². The van der Waals surface area contributed by atoms with Crippen molar-refractivity contribution in [3.8, 4) is 0 Å². The molecule has 0 unspecified atom stereocenters. The van der Waals surface area contributed by atoms with Crippen LogP contribution < -0.4 is 10.0 Å². The van der Waals surface area contributed by atoms with E-state index in [0.29, 0.717) is 45.4 Å². The van der Waals surface area contributed by atoms with Crippen LogP contribution in [0.15, 0.2) is 12.7 Å². The van der Waals surface area contributed by atoms with Crippen molar-refractivity contribution >= 4 is 39.5 Å². The lowest BCUT2D eigenvalue weighted by Gasteiger charge is -2.38. The van der Waals surface area contributed by atoms with E-state index in [0.717, 1.165) is 77.0 Å². The molecule has 7 rings (SSSR count). The molecule has 4 saturated carbocycles. The topological polar surface area (TPSA) is 153 Å². The molecule has 336 valence electrons. The highest BCUT2D eigenvalue weighted by Gasteiger charge is 2.85. The number of rotatable bonds is 16. The van der Waals surface area contributed by atoms with E-state index < -0.39 is 57.7 Å². The number of hydrogen-bond donors (Lipinski definition) is 2. The average molecular weight is 858 g/mol. The van der Waals surface area contributed by atoms with Crippen LogP contribution in [-0.2, 0) is 34.2 Å². The van der Waals surface area contributed by atoms with E-state index in [4.69, 9.17) is 0 Å². The number of amides is 3. The van der Waals surface area contributed by atoms with Gasteiger partial charge in [0, 0.05) is 50.4 Å². The largest absolute Gasteiger partial charge is 0.345 e. The monoisotopic (exact) mass is 858 g/mol. The number of halogens is 1. The van der Waals surface area contributed by atoms with Gasteiger partial charge >= 0.3 is 10.2 Å². The summed E-state index contributed by atoms with van der Waals surface area (Å²) in [6.45, 7) is 15.6. The molecule has 0 radical (unpaired) electrons. The van der Waals surface area contributed by atoms with Crippen LogP contribution in [0, 0.1) is 44.8 Å². The van der Waals surface area contributed by atoms with Crippen molar-refractivity contribution in [2.45, 2.75) is 162 Å². The molecule has 12 nitrogen and oxygen atoms in total. The Morgan fingerprint density at radius 1 is 0.867 bits per heavy atom. The summed E-state index contributed by atoms with van der Waals surface area (Å²) in [4.78, 5) is 76.5. The van der Waals surface area contributed by atoms with Crippen LogP contribution in [0.25, 0.3) is 0 Å². The van der Waals surface area contributed by atoms with Crippen molar-refractivity contribution in [3.05, 3.63) is 12.7 Å². The Balaban J connectivity index is 1.15. The smallest absolute Gasteiger partial charge is 0.303 e. The molecule has 3 heterocycles. The number of fused-ring (bicyclic) bond motifs is 1. The zero-order valence-electron chi connectivity index (χ0n) is 37.0. The van der Waals surface area contributed by atoms with Crippen molar-refractivity contribution in [1.82, 2.24) is 24.1 Å². The van der Waals surface area contributed by atoms with Crippen LogP contribution in [0.1, 0.15) is 144 Å². The van der Waals surface area contributed by atoms with Gasteiger partial charge in [-0.1, -0.05) is 72.8 Å². The summed E-state index contributed by atoms with van der Waals surface area (Å²) in [6.07, 6.45) is 13.6. The van der Waals surface area contributed by atoms with Crippen molar-refractivity contribution in [2.24, 2.45) is 44.8 Å². The Morgan fingerprint density at radius 2 is 1.52 bits per heavy atom. The number of hydrogen-bond acceptors (Lipinski definition) is 8. The number of allylic oxidation sites excluding steroid dienone is 1. The fourth-order valence-corrected chi connectivity index (χ4v) is 14.4. The van der Waals surface area contributed by atoms with E-state index in [1.165, 1.54) is 4.31 Å². The molecular formula is C46H72FN5O7S. The minimum absolute atomic E-state index is 0.00816. The second-order valence-electron chi connectivity index (χ2n) is 21.4. The minimum Gasteiger partial charge on any atom is -0.345 e. The van der Waals surface area contributed by atoms with Gasteiger partial charge in [-0.2, -0.15) is 12.7 Å². The lowest BCUT2D eigenvalue weighted by molar-refractivity contribution is -0.147. The van der Waals surface area contributed by atoms with Gasteiger partial charge in [-0.15, -0.1) is 6.58 Å². The summed E-state index contributed by atoms with van der Waals surface area (Å²) in [5.41, 5.74) is -2.35. The van der Waals surface area contributed by atoms with Gasteiger partial charge in [0.05, 0.1) is 23.5 Å². The lowest BCUT2D eigenvalue weighted by atomic mass is 9.73. The van der Waals surface area contributed by atoms with Crippen molar-refractivity contribution in [3.63, 3.8) is 0 Å². The molecule has 7 fully saturated rings. The number of nitrogens with zero attached hydrogens (tertiary/aromatic N) is 3. The summed E-state index contributed by atoms with van der Waals surface area (Å²) in [7, 11) is -4.07. The van der Waals surface area contributed by atoms with Gasteiger partial charge in [0.25, 0.3) is 0 Å². The maximum Gasteiger partial charge on any atom is 0.303 e. The summed E-state index contributed by atoms with van der Waals surface area (Å²) in [5, 5.41) is 3.16. The Kier molecular flexibility index (Phi) is 12.7. The molecule has 7 atom stereocenters. The van der Waals surface area contributed by atoms with E-state index in [1.807, 2.05) is 25.7 Å². The Morgan fingerprint density at radius 3 is 2.08 bits per heavy atom. The SMILES string of the molecule is C=C[C@@H]1C[C@]1(CC(=O)[C@@H]1C[C@@]2(CN1C(=O)[C@@H](CC(=O)[C@@H](NC(=O)[C@@H]1CCCCN1CCF)C1CCCCC1)C(C)(C)C)C(C)(C)C21CCC1)C(=O)NS(=O)(=O)N1CCCC1.